The van der Waals surface area contributed by atoms with E-state index in [0.717, 1.165) is 29.4 Å². The normalized spacial score (nSPS) is 22.7. The standard InChI is InChI=1S/C21H22BrN3O3S/c1-25-11-3-6-20(25)24-29(27,28)17-9-7-16(8-10-17)23-21(26)19-13-18(19)14-4-2-5-15(22)12-14/h2,4-5,7-10,12,18-19H,3,6,11,13H2,1H3,(H,23,26)/b24-20-. The number of likely N-dealkylation sites (tertiary alicyclic amines) is 1. The van der Waals surface area contributed by atoms with Crippen molar-refractivity contribution in [2.24, 2.45) is 10.3 Å². The number of hydrogen-bond acceptors (Lipinski definition) is 3. The predicted octanol–water partition coefficient (Wildman–Crippen LogP) is 4.00. The van der Waals surface area contributed by atoms with Crippen LogP contribution in [0, 0.1) is 5.92 Å². The fourth-order valence-corrected chi connectivity index (χ4v) is 5.15. The first-order valence-electron chi connectivity index (χ1n) is 9.55. The highest BCUT2D eigenvalue weighted by Crippen LogP contribution is 2.48. The van der Waals surface area contributed by atoms with E-state index in [1.54, 1.807) is 12.1 Å². The van der Waals surface area contributed by atoms with E-state index in [-0.39, 0.29) is 22.6 Å². The maximum absolute atomic E-state index is 12.5. The highest BCUT2D eigenvalue weighted by atomic mass is 79.9. The van der Waals surface area contributed by atoms with Crippen LogP contribution in [0.3, 0.4) is 0 Å². The summed E-state index contributed by atoms with van der Waals surface area (Å²) in [6.45, 7) is 0.821. The fourth-order valence-electron chi connectivity index (χ4n) is 3.64. The Bertz CT molecular complexity index is 1070. The molecule has 1 aliphatic carbocycles. The smallest absolute Gasteiger partial charge is 0.283 e. The molecule has 1 amide bonds. The number of amides is 1. The lowest BCUT2D eigenvalue weighted by molar-refractivity contribution is -0.117. The molecule has 152 valence electrons. The van der Waals surface area contributed by atoms with Crippen molar-refractivity contribution in [1.82, 2.24) is 4.90 Å². The maximum atomic E-state index is 12.5. The Labute approximate surface area is 179 Å². The Morgan fingerprint density at radius 3 is 2.62 bits per heavy atom. The zero-order valence-electron chi connectivity index (χ0n) is 16.0. The number of amidine groups is 1. The van der Waals surface area contributed by atoms with E-state index in [2.05, 4.69) is 25.6 Å². The van der Waals surface area contributed by atoms with Crippen LogP contribution in [0.15, 0.2) is 62.3 Å². The van der Waals surface area contributed by atoms with E-state index < -0.39 is 10.0 Å². The van der Waals surface area contributed by atoms with Gasteiger partial charge in [0.25, 0.3) is 10.0 Å². The number of carbonyl (C=O) groups is 1. The van der Waals surface area contributed by atoms with Crippen molar-refractivity contribution in [3.05, 3.63) is 58.6 Å². The van der Waals surface area contributed by atoms with Crippen molar-refractivity contribution in [1.29, 1.82) is 0 Å². The van der Waals surface area contributed by atoms with Gasteiger partial charge in [-0.05, 0) is 60.7 Å². The second-order valence-electron chi connectivity index (χ2n) is 7.53. The highest BCUT2D eigenvalue weighted by Gasteiger charge is 2.44. The summed E-state index contributed by atoms with van der Waals surface area (Å²) in [6, 6.07) is 14.2. The van der Waals surface area contributed by atoms with Crippen LogP contribution in [0.4, 0.5) is 5.69 Å². The van der Waals surface area contributed by atoms with Gasteiger partial charge < -0.3 is 10.2 Å². The molecule has 1 saturated heterocycles. The second kappa shape index (κ2) is 7.91. The van der Waals surface area contributed by atoms with Crippen LogP contribution < -0.4 is 5.32 Å². The van der Waals surface area contributed by atoms with Crippen molar-refractivity contribution in [2.45, 2.75) is 30.1 Å². The number of benzene rings is 2. The number of halogens is 1. The van der Waals surface area contributed by atoms with Crippen molar-refractivity contribution in [2.75, 3.05) is 18.9 Å². The molecule has 1 N–H and O–H groups in total. The Kier molecular flexibility index (Phi) is 5.48. The van der Waals surface area contributed by atoms with Crippen LogP contribution in [0.25, 0.3) is 0 Å². The fraction of sp³-hybridized carbons (Fsp3) is 0.333. The molecular formula is C21H22BrN3O3S. The first-order valence-corrected chi connectivity index (χ1v) is 11.8. The monoisotopic (exact) mass is 475 g/mol. The molecular weight excluding hydrogens is 454 g/mol. The average molecular weight is 476 g/mol. The molecule has 2 atom stereocenters. The second-order valence-corrected chi connectivity index (χ2v) is 10.0. The summed E-state index contributed by atoms with van der Waals surface area (Å²) < 4.78 is 30.0. The largest absolute Gasteiger partial charge is 0.362 e. The molecule has 2 unspecified atom stereocenters. The lowest BCUT2D eigenvalue weighted by Crippen LogP contribution is -2.20. The molecule has 2 aromatic rings. The minimum Gasteiger partial charge on any atom is -0.362 e. The summed E-state index contributed by atoms with van der Waals surface area (Å²) in [6.07, 6.45) is 2.40. The van der Waals surface area contributed by atoms with Gasteiger partial charge in [0.2, 0.25) is 5.91 Å². The molecule has 1 heterocycles. The number of nitrogens with one attached hydrogen (secondary N) is 1. The summed E-state index contributed by atoms with van der Waals surface area (Å²) >= 11 is 3.46. The summed E-state index contributed by atoms with van der Waals surface area (Å²) in [5.41, 5.74) is 1.73. The third-order valence-corrected chi connectivity index (χ3v) is 7.20. The van der Waals surface area contributed by atoms with Crippen LogP contribution in [0.5, 0.6) is 0 Å². The molecule has 2 aromatic carbocycles. The summed E-state index contributed by atoms with van der Waals surface area (Å²) in [4.78, 5) is 14.5. The van der Waals surface area contributed by atoms with Gasteiger partial charge in [-0.1, -0.05) is 28.1 Å². The van der Waals surface area contributed by atoms with Crippen LogP contribution in [-0.4, -0.2) is 38.7 Å². The van der Waals surface area contributed by atoms with Gasteiger partial charge in [-0.25, -0.2) is 0 Å². The van der Waals surface area contributed by atoms with Crippen molar-refractivity contribution in [3.8, 4) is 0 Å². The number of anilines is 1. The lowest BCUT2D eigenvalue weighted by Gasteiger charge is -2.11. The molecule has 0 spiro atoms. The van der Waals surface area contributed by atoms with Gasteiger partial charge in [-0.2, -0.15) is 8.42 Å². The molecule has 2 fully saturated rings. The molecule has 0 bridgehead atoms. The maximum Gasteiger partial charge on any atom is 0.283 e. The number of hydrogen-bond donors (Lipinski definition) is 1. The number of rotatable bonds is 5. The highest BCUT2D eigenvalue weighted by molar-refractivity contribution is 9.10. The molecule has 2 aliphatic rings. The molecule has 8 heteroatoms. The van der Waals surface area contributed by atoms with E-state index in [9.17, 15) is 13.2 Å². The molecule has 4 rings (SSSR count). The summed E-state index contributed by atoms with van der Waals surface area (Å²) in [7, 11) is -1.90. The molecule has 6 nitrogen and oxygen atoms in total. The van der Waals surface area contributed by atoms with Crippen LogP contribution in [-0.2, 0) is 14.8 Å². The van der Waals surface area contributed by atoms with Crippen molar-refractivity contribution in [3.63, 3.8) is 0 Å². The Morgan fingerprint density at radius 2 is 1.97 bits per heavy atom. The van der Waals surface area contributed by atoms with Gasteiger partial charge in [0, 0.05) is 36.1 Å². The molecule has 0 radical (unpaired) electrons. The third kappa shape index (κ3) is 4.53. The molecule has 29 heavy (non-hydrogen) atoms. The van der Waals surface area contributed by atoms with E-state index in [1.165, 1.54) is 12.1 Å². The van der Waals surface area contributed by atoms with Gasteiger partial charge in [0.05, 0.1) is 4.90 Å². The third-order valence-electron chi connectivity index (χ3n) is 5.38. The Balaban J connectivity index is 1.40. The zero-order chi connectivity index (χ0) is 20.6. The zero-order valence-corrected chi connectivity index (χ0v) is 18.4. The number of nitrogens with zero attached hydrogens (tertiary/aromatic N) is 2. The van der Waals surface area contributed by atoms with Gasteiger partial charge in [-0.15, -0.1) is 4.40 Å². The van der Waals surface area contributed by atoms with E-state index >= 15 is 0 Å². The first kappa shape index (κ1) is 20.1. The minimum atomic E-state index is -3.75. The first-order chi connectivity index (χ1) is 13.8. The van der Waals surface area contributed by atoms with Crippen LogP contribution in [0.2, 0.25) is 0 Å². The average Bonchev–Trinajstić information content (AvgIpc) is 3.40. The topological polar surface area (TPSA) is 78.8 Å². The SMILES string of the molecule is CN1CCC/C1=N/S(=O)(=O)c1ccc(NC(=O)C2CC2c2cccc(Br)c2)cc1. The lowest BCUT2D eigenvalue weighted by atomic mass is 10.1. The van der Waals surface area contributed by atoms with Gasteiger partial charge in [0.1, 0.15) is 5.84 Å². The van der Waals surface area contributed by atoms with Crippen molar-refractivity contribution >= 4 is 43.4 Å². The number of sulfonamides is 1. The predicted molar refractivity (Wildman–Crippen MR) is 117 cm³/mol. The molecule has 1 saturated carbocycles. The van der Waals surface area contributed by atoms with Gasteiger partial charge >= 0.3 is 0 Å². The van der Waals surface area contributed by atoms with Gasteiger partial charge in [0.15, 0.2) is 0 Å². The van der Waals surface area contributed by atoms with E-state index in [4.69, 9.17) is 0 Å². The van der Waals surface area contributed by atoms with E-state index in [1.807, 2.05) is 36.2 Å². The quantitative estimate of drug-likeness (QED) is 0.708. The number of carbonyl (C=O) groups excluding carboxylic acids is 1. The molecule has 0 aromatic heterocycles. The van der Waals surface area contributed by atoms with E-state index in [0.29, 0.717) is 17.9 Å². The van der Waals surface area contributed by atoms with Gasteiger partial charge in [-0.3, -0.25) is 4.79 Å². The van der Waals surface area contributed by atoms with Crippen LogP contribution >= 0.6 is 15.9 Å². The minimum absolute atomic E-state index is 0.0431. The Morgan fingerprint density at radius 1 is 1.21 bits per heavy atom. The Hall–Kier alpha value is -2.19. The summed E-state index contributed by atoms with van der Waals surface area (Å²) in [5.74, 6) is 0.719. The van der Waals surface area contributed by atoms with Crippen molar-refractivity contribution < 1.29 is 13.2 Å². The summed E-state index contributed by atoms with van der Waals surface area (Å²) in [5, 5.41) is 2.89. The molecule has 1 aliphatic heterocycles. The van der Waals surface area contributed by atoms with Crippen LogP contribution in [0.1, 0.15) is 30.7 Å².